The molecule has 0 atom stereocenters. The van der Waals surface area contributed by atoms with E-state index in [1.54, 1.807) is 36.4 Å². The maximum absolute atomic E-state index is 12.4. The van der Waals surface area contributed by atoms with Crippen molar-refractivity contribution in [3.8, 4) is 11.1 Å². The molecular formula is C15H8Cl2O2. The highest BCUT2D eigenvalue weighted by Crippen LogP contribution is 2.23. The van der Waals surface area contributed by atoms with Gasteiger partial charge in [0.1, 0.15) is 11.8 Å². The summed E-state index contributed by atoms with van der Waals surface area (Å²) in [6.07, 6.45) is 1.44. The molecule has 4 heteroatoms. The lowest BCUT2D eigenvalue weighted by molar-refractivity contribution is 0.604. The van der Waals surface area contributed by atoms with Gasteiger partial charge in [-0.1, -0.05) is 35.3 Å². The van der Waals surface area contributed by atoms with Gasteiger partial charge in [0.15, 0.2) is 5.43 Å². The zero-order valence-electron chi connectivity index (χ0n) is 9.69. The Labute approximate surface area is 119 Å². The van der Waals surface area contributed by atoms with Gasteiger partial charge in [-0.3, -0.25) is 4.79 Å². The van der Waals surface area contributed by atoms with Gasteiger partial charge in [-0.25, -0.2) is 0 Å². The molecule has 1 heterocycles. The minimum Gasteiger partial charge on any atom is -0.463 e. The maximum Gasteiger partial charge on any atom is 0.200 e. The van der Waals surface area contributed by atoms with Crippen LogP contribution in [-0.2, 0) is 0 Å². The number of benzene rings is 2. The third-order valence-electron chi connectivity index (χ3n) is 2.87. The molecule has 0 bridgehead atoms. The summed E-state index contributed by atoms with van der Waals surface area (Å²) in [6, 6.07) is 12.1. The molecule has 94 valence electrons. The van der Waals surface area contributed by atoms with Crippen molar-refractivity contribution in [1.82, 2.24) is 0 Å². The molecule has 0 aliphatic heterocycles. The highest BCUT2D eigenvalue weighted by molar-refractivity contribution is 6.31. The molecule has 0 aliphatic rings. The maximum atomic E-state index is 12.4. The van der Waals surface area contributed by atoms with Gasteiger partial charge in [0.05, 0.1) is 10.9 Å². The second-order valence-electron chi connectivity index (χ2n) is 4.13. The van der Waals surface area contributed by atoms with Crippen molar-refractivity contribution in [2.75, 3.05) is 0 Å². The van der Waals surface area contributed by atoms with Gasteiger partial charge in [0.2, 0.25) is 0 Å². The molecule has 0 N–H and O–H groups in total. The smallest absolute Gasteiger partial charge is 0.200 e. The third kappa shape index (κ3) is 2.25. The molecule has 0 saturated carbocycles. The van der Waals surface area contributed by atoms with Gasteiger partial charge in [-0.05, 0) is 29.8 Å². The van der Waals surface area contributed by atoms with E-state index in [1.165, 1.54) is 6.26 Å². The molecule has 19 heavy (non-hydrogen) atoms. The molecule has 0 unspecified atom stereocenters. The van der Waals surface area contributed by atoms with E-state index in [2.05, 4.69) is 0 Å². The van der Waals surface area contributed by atoms with Crippen molar-refractivity contribution >= 4 is 34.2 Å². The van der Waals surface area contributed by atoms with E-state index in [0.717, 1.165) is 5.56 Å². The molecule has 0 spiro atoms. The summed E-state index contributed by atoms with van der Waals surface area (Å²) in [7, 11) is 0. The minimum atomic E-state index is -0.0971. The summed E-state index contributed by atoms with van der Waals surface area (Å²) in [4.78, 5) is 12.4. The SMILES string of the molecule is O=c1c(-c2cccc(Cl)c2)coc2cc(Cl)ccc12. The van der Waals surface area contributed by atoms with Crippen molar-refractivity contribution in [1.29, 1.82) is 0 Å². The highest BCUT2D eigenvalue weighted by Gasteiger charge is 2.09. The van der Waals surface area contributed by atoms with Crippen molar-refractivity contribution in [3.05, 3.63) is 69.0 Å². The molecule has 0 saturated heterocycles. The van der Waals surface area contributed by atoms with Gasteiger partial charge in [0, 0.05) is 16.1 Å². The Morgan fingerprint density at radius 3 is 2.53 bits per heavy atom. The third-order valence-corrected chi connectivity index (χ3v) is 3.34. The van der Waals surface area contributed by atoms with Crippen LogP contribution >= 0.6 is 23.2 Å². The lowest BCUT2D eigenvalue weighted by atomic mass is 10.1. The van der Waals surface area contributed by atoms with Gasteiger partial charge < -0.3 is 4.42 Å². The van der Waals surface area contributed by atoms with Crippen LogP contribution in [0.2, 0.25) is 10.0 Å². The van der Waals surface area contributed by atoms with Crippen molar-refractivity contribution in [2.45, 2.75) is 0 Å². The largest absolute Gasteiger partial charge is 0.463 e. The molecule has 3 aromatic rings. The topological polar surface area (TPSA) is 30.2 Å². The van der Waals surface area contributed by atoms with Crippen molar-refractivity contribution < 1.29 is 4.42 Å². The standard InChI is InChI=1S/C15H8Cl2O2/c16-10-3-1-2-9(6-10)13-8-19-14-7-11(17)4-5-12(14)15(13)18/h1-8H. The van der Waals surface area contributed by atoms with E-state index in [-0.39, 0.29) is 5.43 Å². The van der Waals surface area contributed by atoms with Crippen molar-refractivity contribution in [3.63, 3.8) is 0 Å². The normalized spacial score (nSPS) is 10.8. The van der Waals surface area contributed by atoms with Crippen LogP contribution in [0.15, 0.2) is 57.9 Å². The lowest BCUT2D eigenvalue weighted by Gasteiger charge is -2.03. The Bertz CT molecular complexity index is 822. The Hall–Kier alpha value is -1.77. The second kappa shape index (κ2) is 4.72. The summed E-state index contributed by atoms with van der Waals surface area (Å²) >= 11 is 11.8. The molecule has 2 aromatic carbocycles. The van der Waals surface area contributed by atoms with Gasteiger partial charge in [-0.15, -0.1) is 0 Å². The first-order valence-corrected chi connectivity index (χ1v) is 6.38. The van der Waals surface area contributed by atoms with Gasteiger partial charge in [-0.2, -0.15) is 0 Å². The fraction of sp³-hybridized carbons (Fsp3) is 0. The predicted molar refractivity (Wildman–Crippen MR) is 77.9 cm³/mol. The molecule has 0 radical (unpaired) electrons. The van der Waals surface area contributed by atoms with Crippen LogP contribution in [0.5, 0.6) is 0 Å². The van der Waals surface area contributed by atoms with E-state index in [1.807, 2.05) is 6.07 Å². The first-order chi connectivity index (χ1) is 9.15. The van der Waals surface area contributed by atoms with Crippen LogP contribution < -0.4 is 5.43 Å². The fourth-order valence-corrected chi connectivity index (χ4v) is 2.31. The summed E-state index contributed by atoms with van der Waals surface area (Å²) in [6.45, 7) is 0. The molecular weight excluding hydrogens is 283 g/mol. The summed E-state index contributed by atoms with van der Waals surface area (Å²) in [5.41, 5.74) is 1.60. The van der Waals surface area contributed by atoms with Crippen LogP contribution in [0, 0.1) is 0 Å². The number of fused-ring (bicyclic) bond motifs is 1. The number of hydrogen-bond acceptors (Lipinski definition) is 2. The Balaban J connectivity index is 2.29. The first kappa shape index (κ1) is 12.3. The van der Waals surface area contributed by atoms with Crippen LogP contribution in [-0.4, -0.2) is 0 Å². The van der Waals surface area contributed by atoms with E-state index >= 15 is 0 Å². The van der Waals surface area contributed by atoms with E-state index in [0.29, 0.717) is 26.6 Å². The van der Waals surface area contributed by atoms with E-state index in [9.17, 15) is 4.79 Å². The quantitative estimate of drug-likeness (QED) is 0.646. The van der Waals surface area contributed by atoms with Gasteiger partial charge >= 0.3 is 0 Å². The average molecular weight is 291 g/mol. The number of hydrogen-bond donors (Lipinski definition) is 0. The summed E-state index contributed by atoms with van der Waals surface area (Å²) in [5, 5.41) is 1.61. The Kier molecular flexibility index (Phi) is 3.05. The molecule has 0 amide bonds. The Morgan fingerprint density at radius 2 is 1.74 bits per heavy atom. The second-order valence-corrected chi connectivity index (χ2v) is 5.00. The first-order valence-electron chi connectivity index (χ1n) is 5.62. The van der Waals surface area contributed by atoms with Crippen LogP contribution in [0.25, 0.3) is 22.1 Å². The van der Waals surface area contributed by atoms with Crippen LogP contribution in [0.3, 0.4) is 0 Å². The Morgan fingerprint density at radius 1 is 0.947 bits per heavy atom. The van der Waals surface area contributed by atoms with Crippen LogP contribution in [0.4, 0.5) is 0 Å². The van der Waals surface area contributed by atoms with Crippen molar-refractivity contribution in [2.24, 2.45) is 0 Å². The van der Waals surface area contributed by atoms with E-state index in [4.69, 9.17) is 27.6 Å². The summed E-state index contributed by atoms with van der Waals surface area (Å²) in [5.74, 6) is 0. The molecule has 0 aliphatic carbocycles. The molecule has 2 nitrogen and oxygen atoms in total. The number of halogens is 2. The number of rotatable bonds is 1. The van der Waals surface area contributed by atoms with Gasteiger partial charge in [0.25, 0.3) is 0 Å². The highest BCUT2D eigenvalue weighted by atomic mass is 35.5. The van der Waals surface area contributed by atoms with E-state index < -0.39 is 0 Å². The van der Waals surface area contributed by atoms with Crippen LogP contribution in [0.1, 0.15) is 0 Å². The molecule has 3 rings (SSSR count). The minimum absolute atomic E-state index is 0.0971. The lowest BCUT2D eigenvalue weighted by Crippen LogP contribution is -2.04. The molecule has 0 fully saturated rings. The summed E-state index contributed by atoms with van der Waals surface area (Å²) < 4.78 is 5.47. The monoisotopic (exact) mass is 290 g/mol. The average Bonchev–Trinajstić information content (AvgIpc) is 2.39. The fourth-order valence-electron chi connectivity index (χ4n) is 1.96. The zero-order valence-corrected chi connectivity index (χ0v) is 11.2. The molecule has 1 aromatic heterocycles. The predicted octanol–water partition coefficient (Wildman–Crippen LogP) is 4.77. The zero-order chi connectivity index (χ0) is 13.4.